The molecule has 0 saturated carbocycles. The summed E-state index contributed by atoms with van der Waals surface area (Å²) in [5.74, 6) is 5.35. The first kappa shape index (κ1) is 11.7. The van der Waals surface area contributed by atoms with E-state index in [1.807, 2.05) is 0 Å². The molecular weight excluding hydrogens is 201 g/mol. The number of ether oxygens (including phenoxy) is 2. The fourth-order valence-electron chi connectivity index (χ4n) is 1.29. The highest BCUT2D eigenvalue weighted by molar-refractivity contribution is 5.42. The van der Waals surface area contributed by atoms with Gasteiger partial charge in [-0.1, -0.05) is 0 Å². The minimum atomic E-state index is -0.386. The summed E-state index contributed by atoms with van der Waals surface area (Å²) in [5.41, 5.74) is 0.434. The second-order valence-electron chi connectivity index (χ2n) is 2.91. The Kier molecular flexibility index (Phi) is 4.33. The summed E-state index contributed by atoms with van der Waals surface area (Å²) in [6, 6.07) is 2.92. The first-order valence-electron chi connectivity index (χ1n) is 4.45. The number of benzene rings is 1. The Balaban J connectivity index is 3.01. The van der Waals surface area contributed by atoms with E-state index in [0.29, 0.717) is 23.5 Å². The van der Waals surface area contributed by atoms with Gasteiger partial charge in [0.1, 0.15) is 17.3 Å². The monoisotopic (exact) mass is 215 g/mol. The molecule has 84 valence electrons. The summed E-state index contributed by atoms with van der Waals surface area (Å²) in [7, 11) is 2.94. The molecule has 2 N–H and O–H groups in total. The standard InChI is InChI=1S/C10H14FNO3/c1-13-7-5-9(11)8(3-4-15-12)10(6-7)14-2/h5-6H,3-4,12H2,1-2H3. The Bertz CT molecular complexity index is 331. The average Bonchev–Trinajstić information content (AvgIpc) is 2.26. The molecule has 0 aliphatic rings. The van der Waals surface area contributed by atoms with E-state index in [-0.39, 0.29) is 12.4 Å². The van der Waals surface area contributed by atoms with Crippen molar-refractivity contribution >= 4 is 0 Å². The van der Waals surface area contributed by atoms with Crippen LogP contribution in [0.25, 0.3) is 0 Å². The SMILES string of the molecule is COc1cc(F)c(CCON)c(OC)c1. The van der Waals surface area contributed by atoms with E-state index in [2.05, 4.69) is 4.84 Å². The molecule has 0 saturated heterocycles. The molecule has 0 unspecified atom stereocenters. The number of rotatable bonds is 5. The van der Waals surface area contributed by atoms with Crippen molar-refractivity contribution in [3.8, 4) is 11.5 Å². The maximum atomic E-state index is 13.6. The number of nitrogens with two attached hydrogens (primary N) is 1. The first-order valence-corrected chi connectivity index (χ1v) is 4.45. The molecule has 5 heteroatoms. The van der Waals surface area contributed by atoms with Crippen molar-refractivity contribution in [2.75, 3.05) is 20.8 Å². The highest BCUT2D eigenvalue weighted by Gasteiger charge is 2.11. The quantitative estimate of drug-likeness (QED) is 0.752. The zero-order chi connectivity index (χ0) is 11.3. The fraction of sp³-hybridized carbons (Fsp3) is 0.400. The highest BCUT2D eigenvalue weighted by atomic mass is 19.1. The van der Waals surface area contributed by atoms with Gasteiger partial charge in [0.2, 0.25) is 0 Å². The van der Waals surface area contributed by atoms with E-state index in [4.69, 9.17) is 15.4 Å². The van der Waals surface area contributed by atoms with Crippen LogP contribution in [-0.4, -0.2) is 20.8 Å². The molecular formula is C10H14FNO3. The molecule has 0 atom stereocenters. The number of methoxy groups -OCH3 is 2. The van der Waals surface area contributed by atoms with Gasteiger partial charge in [-0.05, 0) is 0 Å². The van der Waals surface area contributed by atoms with Crippen molar-refractivity contribution in [3.63, 3.8) is 0 Å². The number of hydrogen-bond acceptors (Lipinski definition) is 4. The van der Waals surface area contributed by atoms with Crippen molar-refractivity contribution in [1.82, 2.24) is 0 Å². The van der Waals surface area contributed by atoms with E-state index in [1.54, 1.807) is 6.07 Å². The van der Waals surface area contributed by atoms with Crippen LogP contribution in [0.4, 0.5) is 4.39 Å². The molecule has 0 spiro atoms. The van der Waals surface area contributed by atoms with Crippen LogP contribution in [0.3, 0.4) is 0 Å². The predicted molar refractivity (Wildman–Crippen MR) is 53.3 cm³/mol. The van der Waals surface area contributed by atoms with Crippen LogP contribution in [0, 0.1) is 5.82 Å². The summed E-state index contributed by atoms with van der Waals surface area (Å²) in [6.07, 6.45) is 0.357. The van der Waals surface area contributed by atoms with Gasteiger partial charge in [0.05, 0.1) is 20.8 Å². The first-order chi connectivity index (χ1) is 7.22. The lowest BCUT2D eigenvalue weighted by Gasteiger charge is -2.11. The Labute approximate surface area is 87.7 Å². The van der Waals surface area contributed by atoms with Gasteiger partial charge in [-0.3, -0.25) is 0 Å². The number of hydrogen-bond donors (Lipinski definition) is 1. The second kappa shape index (κ2) is 5.53. The Morgan fingerprint density at radius 2 is 2.00 bits per heavy atom. The molecule has 0 aliphatic heterocycles. The Morgan fingerprint density at radius 3 is 2.53 bits per heavy atom. The predicted octanol–water partition coefficient (Wildman–Crippen LogP) is 1.28. The summed E-state index contributed by atoms with van der Waals surface area (Å²) in [4.78, 5) is 4.40. The van der Waals surface area contributed by atoms with Crippen LogP contribution >= 0.6 is 0 Å². The Hall–Kier alpha value is -1.33. The van der Waals surface area contributed by atoms with Crippen LogP contribution in [0.15, 0.2) is 12.1 Å². The van der Waals surface area contributed by atoms with Gasteiger partial charge in [-0.2, -0.15) is 0 Å². The van der Waals surface area contributed by atoms with Crippen molar-refractivity contribution in [2.45, 2.75) is 6.42 Å². The fourth-order valence-corrected chi connectivity index (χ4v) is 1.29. The molecule has 0 amide bonds. The summed E-state index contributed by atoms with van der Waals surface area (Å²) >= 11 is 0. The van der Waals surface area contributed by atoms with Gasteiger partial charge in [0, 0.05) is 24.1 Å². The van der Waals surface area contributed by atoms with Gasteiger partial charge in [-0.25, -0.2) is 10.3 Å². The summed E-state index contributed by atoms with van der Waals surface area (Å²) in [5, 5.41) is 0. The highest BCUT2D eigenvalue weighted by Crippen LogP contribution is 2.28. The summed E-state index contributed by atoms with van der Waals surface area (Å²) < 4.78 is 23.5. The van der Waals surface area contributed by atoms with Crippen molar-refractivity contribution in [3.05, 3.63) is 23.5 Å². The topological polar surface area (TPSA) is 53.7 Å². The third kappa shape index (κ3) is 2.81. The third-order valence-corrected chi connectivity index (χ3v) is 2.05. The van der Waals surface area contributed by atoms with Gasteiger partial charge in [0.25, 0.3) is 0 Å². The van der Waals surface area contributed by atoms with Crippen LogP contribution in [0.2, 0.25) is 0 Å². The molecule has 1 aromatic rings. The lowest BCUT2D eigenvalue weighted by atomic mass is 10.1. The van der Waals surface area contributed by atoms with Crippen LogP contribution in [-0.2, 0) is 11.3 Å². The number of halogens is 1. The molecule has 0 fully saturated rings. The van der Waals surface area contributed by atoms with Gasteiger partial charge in [-0.15, -0.1) is 0 Å². The van der Waals surface area contributed by atoms with Crippen LogP contribution < -0.4 is 15.4 Å². The lowest BCUT2D eigenvalue weighted by Crippen LogP contribution is -2.06. The maximum absolute atomic E-state index is 13.6. The van der Waals surface area contributed by atoms with Crippen molar-refractivity contribution in [1.29, 1.82) is 0 Å². The van der Waals surface area contributed by atoms with E-state index >= 15 is 0 Å². The van der Waals surface area contributed by atoms with Crippen LogP contribution in [0.1, 0.15) is 5.56 Å². The molecule has 1 rings (SSSR count). The van der Waals surface area contributed by atoms with E-state index in [0.717, 1.165) is 0 Å². The Morgan fingerprint density at radius 1 is 1.27 bits per heavy atom. The van der Waals surface area contributed by atoms with Gasteiger partial charge < -0.3 is 14.3 Å². The molecule has 0 heterocycles. The smallest absolute Gasteiger partial charge is 0.133 e. The maximum Gasteiger partial charge on any atom is 0.133 e. The second-order valence-corrected chi connectivity index (χ2v) is 2.91. The average molecular weight is 215 g/mol. The van der Waals surface area contributed by atoms with Crippen molar-refractivity contribution in [2.24, 2.45) is 5.90 Å². The molecule has 4 nitrogen and oxygen atoms in total. The zero-order valence-corrected chi connectivity index (χ0v) is 8.75. The molecule has 0 bridgehead atoms. The minimum Gasteiger partial charge on any atom is -0.497 e. The van der Waals surface area contributed by atoms with Crippen LogP contribution in [0.5, 0.6) is 11.5 Å². The minimum absolute atomic E-state index is 0.236. The zero-order valence-electron chi connectivity index (χ0n) is 8.75. The van der Waals surface area contributed by atoms with Gasteiger partial charge in [0.15, 0.2) is 0 Å². The van der Waals surface area contributed by atoms with Crippen molar-refractivity contribution < 1.29 is 18.7 Å². The van der Waals surface area contributed by atoms with E-state index in [1.165, 1.54) is 20.3 Å². The van der Waals surface area contributed by atoms with E-state index < -0.39 is 0 Å². The molecule has 0 aliphatic carbocycles. The summed E-state index contributed by atoms with van der Waals surface area (Å²) in [6.45, 7) is 0.236. The molecule has 1 aromatic carbocycles. The molecule has 15 heavy (non-hydrogen) atoms. The third-order valence-electron chi connectivity index (χ3n) is 2.05. The molecule has 0 aromatic heterocycles. The normalized spacial score (nSPS) is 10.1. The largest absolute Gasteiger partial charge is 0.497 e. The molecule has 0 radical (unpaired) electrons. The van der Waals surface area contributed by atoms with Gasteiger partial charge >= 0.3 is 0 Å². The van der Waals surface area contributed by atoms with E-state index in [9.17, 15) is 4.39 Å². The lowest BCUT2D eigenvalue weighted by molar-refractivity contribution is 0.140.